The normalized spacial score (nSPS) is 17.6. The second-order valence-electron chi connectivity index (χ2n) is 8.05. The Morgan fingerprint density at radius 3 is 2.38 bits per heavy atom. The minimum Gasteiger partial charge on any atom is -0.378 e. The van der Waals surface area contributed by atoms with E-state index in [2.05, 4.69) is 25.3 Å². The number of alkyl halides is 3. The molecule has 2 aliphatic heterocycles. The summed E-state index contributed by atoms with van der Waals surface area (Å²) >= 11 is 0. The van der Waals surface area contributed by atoms with Crippen molar-refractivity contribution in [3.63, 3.8) is 0 Å². The van der Waals surface area contributed by atoms with Gasteiger partial charge in [0, 0.05) is 32.2 Å². The smallest absolute Gasteiger partial charge is 0.378 e. The molecule has 5 rings (SSSR count). The van der Waals surface area contributed by atoms with Gasteiger partial charge in [0.05, 0.1) is 30.5 Å². The second-order valence-corrected chi connectivity index (χ2v) is 8.05. The van der Waals surface area contributed by atoms with E-state index < -0.39 is 23.4 Å². The summed E-state index contributed by atoms with van der Waals surface area (Å²) in [5.41, 5.74) is -0.651. The summed E-state index contributed by atoms with van der Waals surface area (Å²) in [5.74, 6) is -2.00. The van der Waals surface area contributed by atoms with Gasteiger partial charge in [-0.05, 0) is 24.3 Å². The van der Waals surface area contributed by atoms with Gasteiger partial charge in [-0.25, -0.2) is 18.4 Å². The van der Waals surface area contributed by atoms with Gasteiger partial charge < -0.3 is 15.0 Å². The van der Waals surface area contributed by atoms with Gasteiger partial charge in [0.15, 0.2) is 11.6 Å². The fourth-order valence-corrected chi connectivity index (χ4v) is 3.84. The lowest BCUT2D eigenvalue weighted by molar-refractivity contribution is -0.137. The average molecular weight is 481 g/mol. The largest absolute Gasteiger partial charge is 0.416 e. The Kier molecular flexibility index (Phi) is 5.81. The first-order chi connectivity index (χ1) is 16.3. The first-order valence-corrected chi connectivity index (χ1v) is 10.6. The minimum absolute atomic E-state index is 0.0442. The lowest BCUT2D eigenvalue weighted by atomic mass is 10.1. The first kappa shape index (κ1) is 22.5. The predicted octanol–water partition coefficient (Wildman–Crippen LogP) is 3.22. The van der Waals surface area contributed by atoms with E-state index in [4.69, 9.17) is 4.74 Å². The van der Waals surface area contributed by atoms with Crippen molar-refractivity contribution in [1.82, 2.24) is 24.6 Å². The number of piperazine rings is 1. The molecule has 0 amide bonds. The van der Waals surface area contributed by atoms with E-state index in [1.54, 1.807) is 0 Å². The summed E-state index contributed by atoms with van der Waals surface area (Å²) < 4.78 is 73.8. The summed E-state index contributed by atoms with van der Waals surface area (Å²) in [6.45, 7) is 3.84. The number of ether oxygens (including phenoxy) is 1. The molecule has 1 aromatic carbocycles. The molecule has 2 fully saturated rings. The van der Waals surface area contributed by atoms with Gasteiger partial charge in [0.2, 0.25) is 5.95 Å². The molecule has 8 nitrogen and oxygen atoms in total. The Morgan fingerprint density at radius 1 is 0.971 bits per heavy atom. The van der Waals surface area contributed by atoms with Crippen molar-refractivity contribution >= 4 is 17.6 Å². The summed E-state index contributed by atoms with van der Waals surface area (Å²) in [6, 6.07) is 5.45. The molecule has 3 aromatic rings. The van der Waals surface area contributed by atoms with Crippen LogP contribution in [0, 0.1) is 11.6 Å². The van der Waals surface area contributed by atoms with Crippen LogP contribution in [0.2, 0.25) is 0 Å². The lowest BCUT2D eigenvalue weighted by Crippen LogP contribution is -2.56. The van der Waals surface area contributed by atoms with E-state index in [1.807, 2.05) is 4.90 Å². The van der Waals surface area contributed by atoms with Crippen LogP contribution >= 0.6 is 0 Å². The topological polar surface area (TPSA) is 71.3 Å². The third-order valence-corrected chi connectivity index (χ3v) is 5.81. The van der Waals surface area contributed by atoms with Gasteiger partial charge in [-0.15, -0.1) is 5.10 Å². The molecule has 0 spiro atoms. The van der Waals surface area contributed by atoms with Crippen LogP contribution in [0.3, 0.4) is 0 Å². The molecule has 0 unspecified atom stereocenters. The monoisotopic (exact) mass is 481 g/mol. The number of hydrogen-bond donors (Lipinski definition) is 1. The van der Waals surface area contributed by atoms with Crippen LogP contribution in [0.4, 0.5) is 39.5 Å². The molecule has 4 heterocycles. The molecule has 0 radical (unpaired) electrons. The molecular formula is C21H20F5N7O. The number of halogens is 5. The first-order valence-electron chi connectivity index (χ1n) is 10.6. The van der Waals surface area contributed by atoms with Crippen molar-refractivity contribution < 1.29 is 26.7 Å². The zero-order chi connectivity index (χ0) is 23.9. The van der Waals surface area contributed by atoms with Gasteiger partial charge >= 0.3 is 6.18 Å². The van der Waals surface area contributed by atoms with Crippen LogP contribution in [0.1, 0.15) is 5.56 Å². The molecule has 0 atom stereocenters. The Hall–Kier alpha value is -3.32. The van der Waals surface area contributed by atoms with Gasteiger partial charge in [-0.1, -0.05) is 0 Å². The molecule has 0 aliphatic carbocycles. The van der Waals surface area contributed by atoms with Gasteiger partial charge in [-0.3, -0.25) is 4.90 Å². The van der Waals surface area contributed by atoms with Crippen LogP contribution in [-0.4, -0.2) is 70.1 Å². The van der Waals surface area contributed by atoms with E-state index in [0.29, 0.717) is 45.4 Å². The standard InChI is InChI=1S/C21H20F5N7O/c22-16-2-1-14(9-17(16)23)33-12-27-20(30-33)29-18-7-13(21(24,25)26)8-19(28-18)32-5-3-31(4-6-32)15-10-34-11-15/h1-2,7-9,12,15H,3-6,10-11H2,(H,28,29,30). The third-order valence-electron chi connectivity index (χ3n) is 5.81. The van der Waals surface area contributed by atoms with Gasteiger partial charge in [-0.2, -0.15) is 18.2 Å². The van der Waals surface area contributed by atoms with E-state index in [0.717, 1.165) is 24.3 Å². The highest BCUT2D eigenvalue weighted by atomic mass is 19.4. The maximum atomic E-state index is 13.6. The number of hydrogen-bond acceptors (Lipinski definition) is 7. The Morgan fingerprint density at radius 2 is 1.74 bits per heavy atom. The highest BCUT2D eigenvalue weighted by Gasteiger charge is 2.34. The molecule has 34 heavy (non-hydrogen) atoms. The van der Waals surface area contributed by atoms with Gasteiger partial charge in [0.25, 0.3) is 0 Å². The summed E-state index contributed by atoms with van der Waals surface area (Å²) in [5, 5.41) is 6.76. The molecule has 2 saturated heterocycles. The minimum atomic E-state index is -4.57. The lowest BCUT2D eigenvalue weighted by Gasteiger charge is -2.43. The molecule has 0 bridgehead atoms. The van der Waals surface area contributed by atoms with Crippen molar-refractivity contribution in [1.29, 1.82) is 0 Å². The molecule has 2 aromatic heterocycles. The molecule has 180 valence electrons. The van der Waals surface area contributed by atoms with Crippen LogP contribution < -0.4 is 10.2 Å². The number of pyridine rings is 1. The maximum Gasteiger partial charge on any atom is 0.416 e. The van der Waals surface area contributed by atoms with Crippen molar-refractivity contribution in [3.05, 3.63) is 53.9 Å². The number of nitrogens with zero attached hydrogens (tertiary/aromatic N) is 6. The van der Waals surface area contributed by atoms with Crippen molar-refractivity contribution in [2.24, 2.45) is 0 Å². The van der Waals surface area contributed by atoms with E-state index in [1.165, 1.54) is 17.1 Å². The van der Waals surface area contributed by atoms with Crippen molar-refractivity contribution in [2.45, 2.75) is 12.2 Å². The molecule has 2 aliphatic rings. The second kappa shape index (κ2) is 8.80. The zero-order valence-corrected chi connectivity index (χ0v) is 17.8. The quantitative estimate of drug-likeness (QED) is 0.561. The van der Waals surface area contributed by atoms with E-state index in [9.17, 15) is 22.0 Å². The number of rotatable bonds is 5. The van der Waals surface area contributed by atoms with Crippen LogP contribution in [-0.2, 0) is 10.9 Å². The van der Waals surface area contributed by atoms with Crippen molar-refractivity contribution in [2.75, 3.05) is 49.6 Å². The van der Waals surface area contributed by atoms with Crippen LogP contribution in [0.5, 0.6) is 0 Å². The predicted molar refractivity (Wildman–Crippen MR) is 112 cm³/mol. The summed E-state index contributed by atoms with van der Waals surface area (Å²) in [6.07, 6.45) is -3.34. The van der Waals surface area contributed by atoms with E-state index in [-0.39, 0.29) is 23.3 Å². The maximum absolute atomic E-state index is 13.6. The summed E-state index contributed by atoms with van der Waals surface area (Å²) in [4.78, 5) is 12.4. The number of anilines is 3. The number of benzene rings is 1. The fraction of sp³-hybridized carbons (Fsp3) is 0.381. The Balaban J connectivity index is 1.36. The zero-order valence-electron chi connectivity index (χ0n) is 17.8. The van der Waals surface area contributed by atoms with Crippen molar-refractivity contribution in [3.8, 4) is 5.69 Å². The number of aromatic nitrogens is 4. The molecule has 1 N–H and O–H groups in total. The molecular weight excluding hydrogens is 461 g/mol. The molecule has 13 heteroatoms. The van der Waals surface area contributed by atoms with Gasteiger partial charge in [0.1, 0.15) is 18.0 Å². The van der Waals surface area contributed by atoms with Crippen LogP contribution in [0.15, 0.2) is 36.7 Å². The summed E-state index contributed by atoms with van der Waals surface area (Å²) in [7, 11) is 0. The number of nitrogens with one attached hydrogen (secondary N) is 1. The fourth-order valence-electron chi connectivity index (χ4n) is 3.84. The SMILES string of the molecule is Fc1ccc(-n2cnc(Nc3cc(C(F)(F)F)cc(N4CCN(C5COC5)CC4)n3)n2)cc1F. The Labute approximate surface area is 191 Å². The highest BCUT2D eigenvalue weighted by Crippen LogP contribution is 2.34. The third kappa shape index (κ3) is 4.66. The average Bonchev–Trinajstić information content (AvgIpc) is 3.22. The van der Waals surface area contributed by atoms with Crippen LogP contribution in [0.25, 0.3) is 5.69 Å². The highest BCUT2D eigenvalue weighted by molar-refractivity contribution is 5.56. The van der Waals surface area contributed by atoms with E-state index >= 15 is 0 Å². The Bertz CT molecular complexity index is 1170. The molecule has 0 saturated carbocycles.